The Morgan fingerprint density at radius 3 is 2.56 bits per heavy atom. The lowest BCUT2D eigenvalue weighted by molar-refractivity contribution is -0.232. The van der Waals surface area contributed by atoms with Crippen LogP contribution in [0, 0.1) is 5.41 Å². The Morgan fingerprint density at radius 1 is 1.50 bits per heavy atom. The maximum absolute atomic E-state index is 11.2. The molecule has 0 aliphatic carbocycles. The number of aliphatic hydroxyl groups is 1. The summed E-state index contributed by atoms with van der Waals surface area (Å²) in [6.07, 6.45) is -1.03. The lowest BCUT2D eigenvalue weighted by Gasteiger charge is -2.35. The summed E-state index contributed by atoms with van der Waals surface area (Å²) in [4.78, 5) is 11.2. The fourth-order valence-electron chi connectivity index (χ4n) is 1.65. The minimum atomic E-state index is -0.870. The summed E-state index contributed by atoms with van der Waals surface area (Å²) in [5.41, 5.74) is 0.00812. The molecule has 1 unspecified atom stereocenters. The van der Waals surface area contributed by atoms with Crippen LogP contribution in [0.5, 0.6) is 0 Å². The smallest absolute Gasteiger partial charge is 0.322 e. The van der Waals surface area contributed by atoms with E-state index in [2.05, 4.69) is 23.9 Å². The van der Waals surface area contributed by atoms with E-state index in [1.165, 1.54) is 7.11 Å². The highest BCUT2D eigenvalue weighted by atomic mass is 16.7. The summed E-state index contributed by atoms with van der Waals surface area (Å²) in [6.45, 7) is 6.92. The van der Waals surface area contributed by atoms with Gasteiger partial charge in [0.1, 0.15) is 12.3 Å². The van der Waals surface area contributed by atoms with Gasteiger partial charge in [0, 0.05) is 11.8 Å². The number of aliphatic hydroxyl groups excluding tert-OH is 1. The Kier molecular flexibility index (Phi) is 5.52. The third-order valence-corrected chi connectivity index (χ3v) is 2.73. The van der Waals surface area contributed by atoms with Gasteiger partial charge in [-0.15, -0.1) is 0 Å². The number of hydrogen-bond donors (Lipinski definition) is 2. The van der Waals surface area contributed by atoms with Crippen LogP contribution in [-0.2, 0) is 19.0 Å². The molecule has 0 aromatic heterocycles. The zero-order valence-corrected chi connectivity index (χ0v) is 11.4. The molecule has 1 aliphatic rings. The molecule has 1 aliphatic heterocycles. The fraction of sp³-hybridized carbons (Fsp3) is 0.917. The van der Waals surface area contributed by atoms with Crippen LogP contribution in [0.25, 0.3) is 0 Å². The molecule has 1 saturated heterocycles. The molecule has 18 heavy (non-hydrogen) atoms. The van der Waals surface area contributed by atoms with Gasteiger partial charge in [0.25, 0.3) is 0 Å². The second-order valence-corrected chi connectivity index (χ2v) is 5.38. The van der Waals surface area contributed by atoms with Crippen molar-refractivity contribution in [3.05, 3.63) is 0 Å². The number of ether oxygens (including phenoxy) is 3. The normalized spacial score (nSPS) is 23.4. The molecule has 6 heteroatoms. The van der Waals surface area contributed by atoms with E-state index >= 15 is 0 Å². The maximum atomic E-state index is 11.2. The third kappa shape index (κ3) is 4.89. The lowest BCUT2D eigenvalue weighted by atomic mass is 9.95. The van der Waals surface area contributed by atoms with Gasteiger partial charge in [-0.25, -0.2) is 0 Å². The topological polar surface area (TPSA) is 77.0 Å². The highest BCUT2D eigenvalue weighted by Gasteiger charge is 2.30. The number of hydrogen-bond acceptors (Lipinski definition) is 6. The molecular formula is C12H23NO5. The van der Waals surface area contributed by atoms with Gasteiger partial charge < -0.3 is 19.3 Å². The number of carbonyl (C=O) groups is 1. The number of carbonyl (C=O) groups excluding carboxylic acids is 1. The molecule has 0 amide bonds. The number of esters is 1. The van der Waals surface area contributed by atoms with Crippen LogP contribution in [-0.4, -0.2) is 50.0 Å². The van der Waals surface area contributed by atoms with Gasteiger partial charge in [0.2, 0.25) is 0 Å². The van der Waals surface area contributed by atoms with Gasteiger partial charge in [-0.2, -0.15) is 0 Å². The lowest BCUT2D eigenvalue weighted by Crippen LogP contribution is -2.46. The molecule has 106 valence electrons. The van der Waals surface area contributed by atoms with Crippen LogP contribution >= 0.6 is 0 Å². The van der Waals surface area contributed by atoms with Gasteiger partial charge >= 0.3 is 5.97 Å². The summed E-state index contributed by atoms with van der Waals surface area (Å²) in [6, 6.07) is -0.565. The molecule has 1 fully saturated rings. The highest BCUT2D eigenvalue weighted by Crippen LogP contribution is 2.24. The average molecular weight is 261 g/mol. The Hall–Kier alpha value is -0.690. The summed E-state index contributed by atoms with van der Waals surface area (Å²) in [5.74, 6) is -0.416. The monoisotopic (exact) mass is 261 g/mol. The Labute approximate surface area is 108 Å². The molecule has 2 N–H and O–H groups in total. The summed E-state index contributed by atoms with van der Waals surface area (Å²) in [7, 11) is 1.31. The van der Waals surface area contributed by atoms with Crippen LogP contribution < -0.4 is 5.32 Å². The van der Waals surface area contributed by atoms with E-state index in [-0.39, 0.29) is 11.8 Å². The molecular weight excluding hydrogens is 238 g/mol. The molecule has 0 aromatic carbocycles. The van der Waals surface area contributed by atoms with E-state index in [9.17, 15) is 9.90 Å². The third-order valence-electron chi connectivity index (χ3n) is 2.73. The van der Waals surface area contributed by atoms with Crippen LogP contribution in [0.15, 0.2) is 0 Å². The zero-order valence-electron chi connectivity index (χ0n) is 11.4. The standard InChI is InChI=1S/C12H23NO5/c1-8(11(15)16-4)13-9(14)5-10-17-6-12(2,3)7-18-10/h8-10,13-14H,5-7H2,1-4H3/t8-,9?/m0/s1. The van der Waals surface area contributed by atoms with Crippen LogP contribution in [0.1, 0.15) is 27.2 Å². The number of nitrogens with one attached hydrogen (secondary N) is 1. The Morgan fingerprint density at radius 2 is 2.06 bits per heavy atom. The summed E-state index contributed by atoms with van der Waals surface area (Å²) >= 11 is 0. The van der Waals surface area contributed by atoms with Crippen molar-refractivity contribution in [1.29, 1.82) is 0 Å². The maximum Gasteiger partial charge on any atom is 0.322 e. The zero-order chi connectivity index (χ0) is 13.8. The van der Waals surface area contributed by atoms with Crippen molar-refractivity contribution in [1.82, 2.24) is 5.32 Å². The van der Waals surface area contributed by atoms with Gasteiger partial charge in [0.05, 0.1) is 20.3 Å². The first-order valence-corrected chi connectivity index (χ1v) is 6.09. The molecule has 6 nitrogen and oxygen atoms in total. The van der Waals surface area contributed by atoms with Crippen LogP contribution in [0.2, 0.25) is 0 Å². The van der Waals surface area contributed by atoms with Gasteiger partial charge in [-0.3, -0.25) is 10.1 Å². The second kappa shape index (κ2) is 6.47. The predicted octanol–water partition coefficient (Wildman–Crippen LogP) is 0.245. The van der Waals surface area contributed by atoms with E-state index in [0.29, 0.717) is 13.2 Å². The van der Waals surface area contributed by atoms with Crippen molar-refractivity contribution in [2.24, 2.45) is 5.41 Å². The van der Waals surface area contributed by atoms with E-state index in [1.807, 2.05) is 0 Å². The average Bonchev–Trinajstić information content (AvgIpc) is 2.30. The second-order valence-electron chi connectivity index (χ2n) is 5.38. The molecule has 0 saturated carbocycles. The first-order valence-electron chi connectivity index (χ1n) is 6.09. The highest BCUT2D eigenvalue weighted by molar-refractivity contribution is 5.75. The molecule has 0 aromatic rings. The van der Waals surface area contributed by atoms with Crippen molar-refractivity contribution in [2.45, 2.75) is 45.8 Å². The van der Waals surface area contributed by atoms with Crippen LogP contribution in [0.4, 0.5) is 0 Å². The first kappa shape index (κ1) is 15.4. The van der Waals surface area contributed by atoms with E-state index in [1.54, 1.807) is 6.92 Å². The fourth-order valence-corrected chi connectivity index (χ4v) is 1.65. The summed E-state index contributed by atoms with van der Waals surface area (Å²) in [5, 5.41) is 12.5. The Balaban J connectivity index is 2.29. The number of methoxy groups -OCH3 is 1. The first-order chi connectivity index (χ1) is 8.34. The predicted molar refractivity (Wildman–Crippen MR) is 64.7 cm³/mol. The van der Waals surface area contributed by atoms with Crippen molar-refractivity contribution in [3.8, 4) is 0 Å². The largest absolute Gasteiger partial charge is 0.468 e. The molecule has 1 rings (SSSR count). The van der Waals surface area contributed by atoms with Crippen molar-refractivity contribution < 1.29 is 24.1 Å². The number of rotatable bonds is 5. The molecule has 0 spiro atoms. The molecule has 0 radical (unpaired) electrons. The van der Waals surface area contributed by atoms with Crippen molar-refractivity contribution in [3.63, 3.8) is 0 Å². The van der Waals surface area contributed by atoms with Crippen molar-refractivity contribution >= 4 is 5.97 Å². The van der Waals surface area contributed by atoms with E-state index in [0.717, 1.165) is 0 Å². The van der Waals surface area contributed by atoms with E-state index in [4.69, 9.17) is 9.47 Å². The van der Waals surface area contributed by atoms with Crippen LogP contribution in [0.3, 0.4) is 0 Å². The minimum Gasteiger partial charge on any atom is -0.468 e. The summed E-state index contributed by atoms with van der Waals surface area (Å²) < 4.78 is 15.5. The van der Waals surface area contributed by atoms with Gasteiger partial charge in [0.15, 0.2) is 6.29 Å². The molecule has 0 bridgehead atoms. The Bertz CT molecular complexity index is 272. The molecule has 2 atom stereocenters. The van der Waals surface area contributed by atoms with Crippen molar-refractivity contribution in [2.75, 3.05) is 20.3 Å². The minimum absolute atomic E-state index is 0.00812. The SMILES string of the molecule is COC(=O)[C@H](C)NC(O)CC1OCC(C)(C)CO1. The van der Waals surface area contributed by atoms with E-state index < -0.39 is 24.5 Å². The van der Waals surface area contributed by atoms with Gasteiger partial charge in [-0.1, -0.05) is 13.8 Å². The molecule has 1 heterocycles. The quantitative estimate of drug-likeness (QED) is 0.545. The van der Waals surface area contributed by atoms with Gasteiger partial charge in [-0.05, 0) is 6.92 Å².